The molecule has 1 aliphatic heterocycles. The van der Waals surface area contributed by atoms with E-state index >= 15 is 0 Å². The molecule has 0 amide bonds. The molecule has 0 fully saturated rings. The molecule has 4 heteroatoms. The molecule has 0 saturated carbocycles. The Balaban J connectivity index is 2.57. The standard InChI is InChI=1S/C5H6O4/c6-5(7)4-3-8-1-2-9-4/h3H,1-2H2,(H,6,7)/p-1. The quantitative estimate of drug-likeness (QED) is 0.438. The van der Waals surface area contributed by atoms with Gasteiger partial charge in [-0.25, -0.2) is 0 Å². The molecule has 9 heavy (non-hydrogen) atoms. The van der Waals surface area contributed by atoms with Gasteiger partial charge in [0.25, 0.3) is 0 Å². The Labute approximate surface area is 51.7 Å². The molecule has 0 aliphatic carbocycles. The van der Waals surface area contributed by atoms with Crippen LogP contribution >= 0.6 is 0 Å². The Kier molecular flexibility index (Phi) is 1.58. The van der Waals surface area contributed by atoms with Crippen LogP contribution in [0.5, 0.6) is 0 Å². The second-order valence-electron chi connectivity index (χ2n) is 1.49. The Hall–Kier alpha value is -1.19. The van der Waals surface area contributed by atoms with Crippen LogP contribution in [0.25, 0.3) is 0 Å². The summed E-state index contributed by atoms with van der Waals surface area (Å²) < 4.78 is 9.25. The van der Waals surface area contributed by atoms with E-state index < -0.39 is 5.97 Å². The molecule has 0 aromatic heterocycles. The number of hydrogen-bond acceptors (Lipinski definition) is 4. The molecule has 0 aromatic rings. The molecule has 0 radical (unpaired) electrons. The van der Waals surface area contributed by atoms with E-state index in [9.17, 15) is 9.90 Å². The number of carboxylic acid groups (broad SMARTS) is 1. The van der Waals surface area contributed by atoms with Crippen LogP contribution in [0, 0.1) is 0 Å². The second kappa shape index (κ2) is 2.39. The SMILES string of the molecule is O=C([O-])C1=COCCO1. The van der Waals surface area contributed by atoms with E-state index in [1.54, 1.807) is 0 Å². The van der Waals surface area contributed by atoms with Gasteiger partial charge in [-0.15, -0.1) is 0 Å². The average molecular weight is 129 g/mol. The molecule has 0 atom stereocenters. The van der Waals surface area contributed by atoms with Crippen molar-refractivity contribution >= 4 is 5.97 Å². The van der Waals surface area contributed by atoms with Gasteiger partial charge in [0.05, 0.1) is 0 Å². The van der Waals surface area contributed by atoms with Crippen molar-refractivity contribution in [2.45, 2.75) is 0 Å². The first-order valence-corrected chi connectivity index (χ1v) is 2.46. The third-order valence-electron chi connectivity index (χ3n) is 0.850. The topological polar surface area (TPSA) is 58.6 Å². The van der Waals surface area contributed by atoms with Gasteiger partial charge in [-0.2, -0.15) is 0 Å². The van der Waals surface area contributed by atoms with Gasteiger partial charge >= 0.3 is 0 Å². The van der Waals surface area contributed by atoms with Gasteiger partial charge < -0.3 is 19.4 Å². The first kappa shape index (κ1) is 5.94. The predicted molar refractivity (Wildman–Crippen MR) is 25.0 cm³/mol. The Bertz CT molecular complexity index is 149. The van der Waals surface area contributed by atoms with E-state index in [2.05, 4.69) is 9.47 Å². The summed E-state index contributed by atoms with van der Waals surface area (Å²) in [7, 11) is 0. The highest BCUT2D eigenvalue weighted by molar-refractivity contribution is 5.81. The van der Waals surface area contributed by atoms with Crippen LogP contribution in [0.2, 0.25) is 0 Å². The summed E-state index contributed by atoms with van der Waals surface area (Å²) >= 11 is 0. The van der Waals surface area contributed by atoms with Crippen LogP contribution in [0.15, 0.2) is 12.0 Å². The lowest BCUT2D eigenvalue weighted by Gasteiger charge is -2.15. The molecular weight excluding hydrogens is 124 g/mol. The fraction of sp³-hybridized carbons (Fsp3) is 0.400. The fourth-order valence-corrected chi connectivity index (χ4v) is 0.475. The van der Waals surface area contributed by atoms with Crippen molar-refractivity contribution in [3.05, 3.63) is 12.0 Å². The number of hydrogen-bond donors (Lipinski definition) is 0. The highest BCUT2D eigenvalue weighted by Crippen LogP contribution is 2.01. The van der Waals surface area contributed by atoms with E-state index in [1.165, 1.54) is 0 Å². The first-order valence-electron chi connectivity index (χ1n) is 2.46. The molecule has 1 rings (SSSR count). The third kappa shape index (κ3) is 1.35. The minimum Gasteiger partial charge on any atom is -0.541 e. The summed E-state index contributed by atoms with van der Waals surface area (Å²) in [5, 5.41) is 9.97. The zero-order valence-electron chi connectivity index (χ0n) is 4.62. The summed E-state index contributed by atoms with van der Waals surface area (Å²) in [6.45, 7) is 0.677. The molecule has 1 heterocycles. The van der Waals surface area contributed by atoms with Gasteiger partial charge in [0.15, 0.2) is 5.76 Å². The van der Waals surface area contributed by atoms with Crippen molar-refractivity contribution in [2.24, 2.45) is 0 Å². The second-order valence-corrected chi connectivity index (χ2v) is 1.49. The zero-order valence-corrected chi connectivity index (χ0v) is 4.62. The van der Waals surface area contributed by atoms with Crippen molar-refractivity contribution in [1.82, 2.24) is 0 Å². The largest absolute Gasteiger partial charge is 0.541 e. The van der Waals surface area contributed by atoms with Crippen molar-refractivity contribution in [3.8, 4) is 0 Å². The molecule has 1 aliphatic rings. The normalized spacial score (nSPS) is 17.1. The van der Waals surface area contributed by atoms with Crippen LogP contribution < -0.4 is 5.11 Å². The van der Waals surface area contributed by atoms with Crippen molar-refractivity contribution in [3.63, 3.8) is 0 Å². The third-order valence-corrected chi connectivity index (χ3v) is 0.850. The van der Waals surface area contributed by atoms with Crippen molar-refractivity contribution in [2.75, 3.05) is 13.2 Å². The van der Waals surface area contributed by atoms with Gasteiger partial charge in [-0.3, -0.25) is 0 Å². The van der Waals surface area contributed by atoms with Crippen LogP contribution in [0.1, 0.15) is 0 Å². The number of ether oxygens (including phenoxy) is 2. The van der Waals surface area contributed by atoms with Gasteiger partial charge in [0.2, 0.25) is 0 Å². The van der Waals surface area contributed by atoms with Crippen LogP contribution in [-0.2, 0) is 14.3 Å². The molecule has 0 bridgehead atoms. The van der Waals surface area contributed by atoms with Crippen molar-refractivity contribution < 1.29 is 19.4 Å². The number of carboxylic acids is 1. The number of rotatable bonds is 1. The average Bonchev–Trinajstić information content (AvgIpc) is 1.90. The first-order chi connectivity index (χ1) is 4.30. The van der Waals surface area contributed by atoms with Crippen LogP contribution in [0.3, 0.4) is 0 Å². The molecule has 4 nitrogen and oxygen atoms in total. The fourth-order valence-electron chi connectivity index (χ4n) is 0.475. The maximum Gasteiger partial charge on any atom is 0.176 e. The van der Waals surface area contributed by atoms with Crippen LogP contribution in [0.4, 0.5) is 0 Å². The number of aliphatic carboxylic acids is 1. The molecule has 0 saturated heterocycles. The lowest BCUT2D eigenvalue weighted by molar-refractivity contribution is -0.304. The number of carbonyl (C=O) groups excluding carboxylic acids is 1. The van der Waals surface area contributed by atoms with Gasteiger partial charge in [0, 0.05) is 0 Å². The molecule has 50 valence electrons. The minimum absolute atomic E-state index is 0.235. The van der Waals surface area contributed by atoms with E-state index in [-0.39, 0.29) is 12.4 Å². The summed E-state index contributed by atoms with van der Waals surface area (Å²) in [5.41, 5.74) is 0. The maximum absolute atomic E-state index is 9.97. The van der Waals surface area contributed by atoms with Crippen LogP contribution in [-0.4, -0.2) is 19.2 Å². The lowest BCUT2D eigenvalue weighted by atomic mass is 10.5. The Morgan fingerprint density at radius 1 is 1.67 bits per heavy atom. The molecule has 0 aromatic carbocycles. The molecule has 0 unspecified atom stereocenters. The lowest BCUT2D eigenvalue weighted by Crippen LogP contribution is -2.28. The zero-order chi connectivity index (χ0) is 6.69. The highest BCUT2D eigenvalue weighted by atomic mass is 16.6. The predicted octanol–water partition coefficient (Wildman–Crippen LogP) is -1.38. The number of carbonyl (C=O) groups is 1. The van der Waals surface area contributed by atoms with Gasteiger partial charge in [0.1, 0.15) is 25.4 Å². The van der Waals surface area contributed by atoms with Gasteiger partial charge in [-0.05, 0) is 0 Å². The van der Waals surface area contributed by atoms with Gasteiger partial charge in [-0.1, -0.05) is 0 Å². The monoisotopic (exact) mass is 129 g/mol. The summed E-state index contributed by atoms with van der Waals surface area (Å²) in [6.07, 6.45) is 1.04. The van der Waals surface area contributed by atoms with E-state index in [0.29, 0.717) is 6.61 Å². The van der Waals surface area contributed by atoms with Crippen molar-refractivity contribution in [1.29, 1.82) is 0 Å². The minimum atomic E-state index is -1.34. The summed E-state index contributed by atoms with van der Waals surface area (Å²) in [4.78, 5) is 9.97. The van der Waals surface area contributed by atoms with E-state index in [1.807, 2.05) is 0 Å². The Morgan fingerprint density at radius 3 is 2.78 bits per heavy atom. The van der Waals surface area contributed by atoms with E-state index in [0.717, 1.165) is 6.26 Å². The molecule has 0 spiro atoms. The Morgan fingerprint density at radius 2 is 2.44 bits per heavy atom. The molecule has 0 N–H and O–H groups in total. The molecular formula is C5H5O4-. The summed E-state index contributed by atoms with van der Waals surface area (Å²) in [5.74, 6) is -1.57. The smallest absolute Gasteiger partial charge is 0.176 e. The maximum atomic E-state index is 9.97. The summed E-state index contributed by atoms with van der Waals surface area (Å²) in [6, 6.07) is 0. The van der Waals surface area contributed by atoms with E-state index in [4.69, 9.17) is 0 Å². The highest BCUT2D eigenvalue weighted by Gasteiger charge is 2.03.